The molecule has 0 radical (unpaired) electrons. The van der Waals surface area contributed by atoms with Gasteiger partial charge in [0.05, 0.1) is 24.1 Å². The number of pyridine rings is 1. The van der Waals surface area contributed by atoms with Crippen LogP contribution in [0.3, 0.4) is 0 Å². The van der Waals surface area contributed by atoms with Crippen LogP contribution in [0.25, 0.3) is 10.9 Å². The van der Waals surface area contributed by atoms with E-state index in [2.05, 4.69) is 68.0 Å². The molecule has 3 aliphatic rings. The van der Waals surface area contributed by atoms with E-state index in [1.54, 1.807) is 65.6 Å². The number of carbonyl (C=O) groups excluding carboxylic acids is 3. The van der Waals surface area contributed by atoms with Crippen LogP contribution in [0.15, 0.2) is 114 Å². The van der Waals surface area contributed by atoms with Crippen molar-refractivity contribution in [1.82, 2.24) is 19.7 Å². The summed E-state index contributed by atoms with van der Waals surface area (Å²) in [6.45, 7) is 15.9. The predicted molar refractivity (Wildman–Crippen MR) is 277 cm³/mol. The number of hydrogen-bond donors (Lipinski definition) is 3. The first-order valence-electron chi connectivity index (χ1n) is 25.5. The quantitative estimate of drug-likeness (QED) is 0.0571. The third-order valence-corrected chi connectivity index (χ3v) is 20.1. The zero-order valence-corrected chi connectivity index (χ0v) is 43.1. The fourth-order valence-electron chi connectivity index (χ4n) is 10.1. The van der Waals surface area contributed by atoms with E-state index in [9.17, 15) is 29.4 Å². The summed E-state index contributed by atoms with van der Waals surface area (Å²) < 4.78 is 18.9. The Balaban J connectivity index is 0.791. The summed E-state index contributed by atoms with van der Waals surface area (Å²) >= 11 is 0. The SMILES string of the molecule is CC(C)(C)[Si](C)(C)OC(CCCC1CCN(C(=O)C2CN(C(=O)COc3cccc([C@](O)(C(=O)OCC4CCN(Cc5ccccc5)CC4)c4ccccc4)c3)C2)CC1)c1ccc(O)c2[nH]c(=O)ccc12. The molecule has 0 saturated carbocycles. The Hall–Kier alpha value is -5.80. The van der Waals surface area contributed by atoms with Crippen molar-refractivity contribution in [3.8, 4) is 11.5 Å². The molecule has 2 atom stereocenters. The number of aromatic amines is 1. The highest BCUT2D eigenvalue weighted by Crippen LogP contribution is 2.43. The van der Waals surface area contributed by atoms with E-state index >= 15 is 0 Å². The molecular formula is C57H72N4O9Si. The lowest BCUT2D eigenvalue weighted by Gasteiger charge is -2.42. The summed E-state index contributed by atoms with van der Waals surface area (Å²) in [7, 11) is -2.19. The van der Waals surface area contributed by atoms with E-state index in [0.29, 0.717) is 48.9 Å². The molecule has 0 bridgehead atoms. The average Bonchev–Trinajstić information content (AvgIpc) is 3.35. The molecule has 2 amide bonds. The maximum absolute atomic E-state index is 13.9. The summed E-state index contributed by atoms with van der Waals surface area (Å²) in [5, 5.41) is 23.6. The predicted octanol–water partition coefficient (Wildman–Crippen LogP) is 8.93. The number of carbonyl (C=O) groups is 3. The van der Waals surface area contributed by atoms with Gasteiger partial charge in [-0.3, -0.25) is 19.3 Å². The number of ether oxygens (including phenoxy) is 2. The summed E-state index contributed by atoms with van der Waals surface area (Å²) in [6, 6.07) is 32.6. The smallest absolute Gasteiger partial charge is 0.347 e. The molecule has 13 nitrogen and oxygen atoms in total. The number of hydrogen-bond acceptors (Lipinski definition) is 10. The topological polar surface area (TPSA) is 162 Å². The van der Waals surface area contributed by atoms with Gasteiger partial charge in [0.2, 0.25) is 17.1 Å². The molecule has 4 aromatic carbocycles. The lowest BCUT2D eigenvalue weighted by molar-refractivity contribution is -0.164. The monoisotopic (exact) mass is 985 g/mol. The van der Waals surface area contributed by atoms with E-state index in [1.165, 1.54) is 11.6 Å². The number of phenols is 1. The van der Waals surface area contributed by atoms with Gasteiger partial charge >= 0.3 is 5.97 Å². The minimum Gasteiger partial charge on any atom is -0.506 e. The minimum atomic E-state index is -2.19. The number of nitrogens with zero attached hydrogens (tertiary/aromatic N) is 3. The molecule has 71 heavy (non-hydrogen) atoms. The van der Waals surface area contributed by atoms with Gasteiger partial charge in [-0.05, 0) is 116 Å². The van der Waals surface area contributed by atoms with Crippen LogP contribution >= 0.6 is 0 Å². The molecule has 1 aromatic heterocycles. The number of rotatable bonds is 18. The van der Waals surface area contributed by atoms with Crippen molar-refractivity contribution in [2.75, 3.05) is 52.5 Å². The highest BCUT2D eigenvalue weighted by molar-refractivity contribution is 6.74. The average molecular weight is 985 g/mol. The number of aromatic hydroxyl groups is 1. The van der Waals surface area contributed by atoms with Gasteiger partial charge in [0.15, 0.2) is 14.9 Å². The Bertz CT molecular complexity index is 2670. The largest absolute Gasteiger partial charge is 0.506 e. The Kier molecular flexibility index (Phi) is 16.2. The van der Waals surface area contributed by atoms with Gasteiger partial charge in [0.1, 0.15) is 11.5 Å². The molecule has 3 aliphatic heterocycles. The van der Waals surface area contributed by atoms with Gasteiger partial charge in [0.25, 0.3) is 5.91 Å². The number of likely N-dealkylation sites (tertiary alicyclic amines) is 3. The molecule has 8 rings (SSSR count). The van der Waals surface area contributed by atoms with Crippen LogP contribution in [0.4, 0.5) is 0 Å². The maximum Gasteiger partial charge on any atom is 0.347 e. The number of phenolic OH excluding ortho intramolecular Hbond substituents is 1. The molecular weight excluding hydrogens is 913 g/mol. The van der Waals surface area contributed by atoms with Gasteiger partial charge in [0, 0.05) is 49.7 Å². The van der Waals surface area contributed by atoms with E-state index in [1.807, 2.05) is 23.1 Å². The molecule has 3 N–H and O–H groups in total. The number of piperidine rings is 2. The number of aliphatic hydroxyl groups is 1. The second-order valence-electron chi connectivity index (χ2n) is 21.5. The van der Waals surface area contributed by atoms with Crippen molar-refractivity contribution in [2.24, 2.45) is 17.8 Å². The number of benzene rings is 4. The molecule has 1 unspecified atom stereocenters. The van der Waals surface area contributed by atoms with E-state index in [-0.39, 0.29) is 64.9 Å². The van der Waals surface area contributed by atoms with Gasteiger partial charge in [-0.1, -0.05) is 112 Å². The molecule has 0 spiro atoms. The number of nitrogens with one attached hydrogen (secondary N) is 1. The Morgan fingerprint density at radius 1 is 0.789 bits per heavy atom. The molecule has 378 valence electrons. The fourth-order valence-corrected chi connectivity index (χ4v) is 11.4. The van der Waals surface area contributed by atoms with Crippen molar-refractivity contribution in [2.45, 2.75) is 102 Å². The lowest BCUT2D eigenvalue weighted by atomic mass is 9.86. The van der Waals surface area contributed by atoms with E-state index < -0.39 is 19.9 Å². The van der Waals surface area contributed by atoms with E-state index in [0.717, 1.165) is 75.5 Å². The third kappa shape index (κ3) is 12.3. The molecule has 3 fully saturated rings. The van der Waals surface area contributed by atoms with Gasteiger partial charge in [-0.25, -0.2) is 4.79 Å². The number of H-pyrrole nitrogens is 1. The molecule has 0 aliphatic carbocycles. The summed E-state index contributed by atoms with van der Waals surface area (Å²) in [5.41, 5.74) is 0.948. The molecule has 14 heteroatoms. The summed E-state index contributed by atoms with van der Waals surface area (Å²) in [5.74, 6) is -0.152. The number of fused-ring (bicyclic) bond motifs is 1. The van der Waals surface area contributed by atoms with Crippen LogP contribution in [0.1, 0.15) is 94.1 Å². The van der Waals surface area contributed by atoms with Crippen molar-refractivity contribution in [3.05, 3.63) is 142 Å². The Morgan fingerprint density at radius 3 is 2.14 bits per heavy atom. The minimum absolute atomic E-state index is 0.00267. The summed E-state index contributed by atoms with van der Waals surface area (Å²) in [4.78, 5) is 61.8. The Labute approximate surface area is 419 Å². The van der Waals surface area contributed by atoms with Crippen LogP contribution < -0.4 is 10.3 Å². The molecule has 3 saturated heterocycles. The first-order chi connectivity index (χ1) is 34.0. The first-order valence-corrected chi connectivity index (χ1v) is 28.4. The van der Waals surface area contributed by atoms with Crippen molar-refractivity contribution >= 4 is 37.0 Å². The Morgan fingerprint density at radius 2 is 1.45 bits per heavy atom. The molecule has 4 heterocycles. The first kappa shape index (κ1) is 51.5. The van der Waals surface area contributed by atoms with Crippen LogP contribution in [-0.2, 0) is 35.7 Å². The number of esters is 1. The van der Waals surface area contributed by atoms with Crippen molar-refractivity contribution < 1.29 is 38.5 Å². The van der Waals surface area contributed by atoms with Crippen LogP contribution in [0.2, 0.25) is 18.1 Å². The second-order valence-corrected chi connectivity index (χ2v) is 26.3. The highest BCUT2D eigenvalue weighted by atomic mass is 28.4. The van der Waals surface area contributed by atoms with Gasteiger partial charge in [-0.15, -0.1) is 0 Å². The second kappa shape index (κ2) is 22.3. The standard InChI is InChI=1S/C57H72N4O9Si/c1-56(2,3)71(4,5)70-50(47-22-24-49(62)53-48(47)23-25-51(63)58-53)21-12-16-40-28-32-60(33-29-40)54(65)43-36-61(37-43)52(64)39-68-46-20-13-19-45(34-46)57(67,44-17-10-7-11-18-44)55(66)69-38-42-26-30-59(31-27-42)35-41-14-8-6-9-15-41/h6-11,13-15,17-20,22-25,34,40,42-43,50,62,67H,12,16,21,26-33,35-39H2,1-5H3,(H,58,63)/t50?,57-/m0/s1. The van der Waals surface area contributed by atoms with Crippen molar-refractivity contribution in [1.29, 1.82) is 0 Å². The number of amides is 2. The number of aromatic nitrogens is 1. The fraction of sp³-hybridized carbons (Fsp3) is 0.474. The van der Waals surface area contributed by atoms with Gasteiger partial charge in [-0.2, -0.15) is 0 Å². The third-order valence-electron chi connectivity index (χ3n) is 15.6. The van der Waals surface area contributed by atoms with E-state index in [4.69, 9.17) is 13.9 Å². The van der Waals surface area contributed by atoms with Crippen LogP contribution in [0, 0.1) is 17.8 Å². The normalized spacial score (nSPS) is 17.9. The van der Waals surface area contributed by atoms with Crippen LogP contribution in [-0.4, -0.2) is 108 Å². The highest BCUT2D eigenvalue weighted by Gasteiger charge is 2.44. The maximum atomic E-state index is 13.9. The molecule has 5 aromatic rings. The zero-order valence-electron chi connectivity index (χ0n) is 42.1. The lowest BCUT2D eigenvalue weighted by Crippen LogP contribution is -2.58. The van der Waals surface area contributed by atoms with Gasteiger partial charge < -0.3 is 38.9 Å². The van der Waals surface area contributed by atoms with Crippen molar-refractivity contribution in [3.63, 3.8) is 0 Å². The zero-order chi connectivity index (χ0) is 50.3. The summed E-state index contributed by atoms with van der Waals surface area (Å²) in [6.07, 6.45) is 6.15. The van der Waals surface area contributed by atoms with Crippen LogP contribution in [0.5, 0.6) is 11.5 Å².